The minimum absolute atomic E-state index is 0.0625. The molecular formula is C28H31F6N3O. The first-order valence-corrected chi connectivity index (χ1v) is 12.3. The van der Waals surface area contributed by atoms with Crippen LogP contribution >= 0.6 is 0 Å². The van der Waals surface area contributed by atoms with Gasteiger partial charge in [0.1, 0.15) is 12.4 Å². The first-order valence-electron chi connectivity index (χ1n) is 12.3. The van der Waals surface area contributed by atoms with Crippen LogP contribution in [0.2, 0.25) is 0 Å². The smallest absolute Gasteiger partial charge is 0.416 e. The van der Waals surface area contributed by atoms with Crippen molar-refractivity contribution in [2.75, 3.05) is 39.3 Å². The summed E-state index contributed by atoms with van der Waals surface area (Å²) in [5.74, 6) is 0.591. The van der Waals surface area contributed by atoms with Crippen LogP contribution in [0.4, 0.5) is 26.3 Å². The highest BCUT2D eigenvalue weighted by molar-refractivity contribution is 6.01. The SMILES string of the molecule is CCN(CC)CCN(CCOc1ccc(C=N)c2ccccc12)Cc1cc(C(F)(F)F)cc(C(F)(F)F)c1. The van der Waals surface area contributed by atoms with Crippen LogP contribution < -0.4 is 4.74 Å². The van der Waals surface area contributed by atoms with Crippen molar-refractivity contribution in [3.63, 3.8) is 0 Å². The highest BCUT2D eigenvalue weighted by atomic mass is 19.4. The Morgan fingerprint density at radius 2 is 1.34 bits per heavy atom. The number of fused-ring (bicyclic) bond motifs is 1. The molecule has 0 fully saturated rings. The van der Waals surface area contributed by atoms with Gasteiger partial charge in [0.25, 0.3) is 0 Å². The number of hydrogen-bond donors (Lipinski definition) is 1. The van der Waals surface area contributed by atoms with E-state index in [-0.39, 0.29) is 24.8 Å². The lowest BCUT2D eigenvalue weighted by molar-refractivity contribution is -0.143. The van der Waals surface area contributed by atoms with Gasteiger partial charge in [-0.25, -0.2) is 0 Å². The molecule has 0 saturated heterocycles. The Balaban J connectivity index is 1.83. The van der Waals surface area contributed by atoms with E-state index in [1.807, 2.05) is 43.0 Å². The van der Waals surface area contributed by atoms with Crippen molar-refractivity contribution in [2.45, 2.75) is 32.7 Å². The zero-order valence-corrected chi connectivity index (χ0v) is 21.3. The summed E-state index contributed by atoms with van der Waals surface area (Å²) in [5.41, 5.74) is -1.97. The van der Waals surface area contributed by atoms with Crippen molar-refractivity contribution in [3.8, 4) is 5.75 Å². The van der Waals surface area contributed by atoms with E-state index in [9.17, 15) is 26.3 Å². The van der Waals surface area contributed by atoms with Crippen molar-refractivity contribution in [1.29, 1.82) is 5.41 Å². The molecule has 0 bridgehead atoms. The van der Waals surface area contributed by atoms with Crippen molar-refractivity contribution in [3.05, 3.63) is 76.9 Å². The fourth-order valence-electron chi connectivity index (χ4n) is 4.29. The third-order valence-corrected chi connectivity index (χ3v) is 6.42. The van der Waals surface area contributed by atoms with Gasteiger partial charge >= 0.3 is 12.4 Å². The Bertz CT molecular complexity index is 1190. The van der Waals surface area contributed by atoms with Gasteiger partial charge in [0, 0.05) is 43.3 Å². The Morgan fingerprint density at radius 1 is 0.763 bits per heavy atom. The number of alkyl halides is 6. The summed E-state index contributed by atoms with van der Waals surface area (Å²) >= 11 is 0. The molecule has 3 aromatic rings. The van der Waals surface area contributed by atoms with Gasteiger partial charge < -0.3 is 15.0 Å². The lowest BCUT2D eigenvalue weighted by Gasteiger charge is -2.27. The average molecular weight is 540 g/mol. The van der Waals surface area contributed by atoms with E-state index in [0.29, 0.717) is 25.4 Å². The molecular weight excluding hydrogens is 508 g/mol. The van der Waals surface area contributed by atoms with Gasteiger partial charge in [-0.15, -0.1) is 0 Å². The molecule has 206 valence electrons. The number of nitrogens with one attached hydrogen (secondary N) is 1. The number of likely N-dealkylation sites (N-methyl/N-ethyl adjacent to an activating group) is 1. The van der Waals surface area contributed by atoms with Crippen molar-refractivity contribution in [1.82, 2.24) is 9.80 Å². The Hall–Kier alpha value is -3.11. The van der Waals surface area contributed by atoms with Crippen LogP contribution in [0.15, 0.2) is 54.6 Å². The van der Waals surface area contributed by atoms with Crippen LogP contribution in [0.25, 0.3) is 10.8 Å². The molecule has 0 unspecified atom stereocenters. The second-order valence-corrected chi connectivity index (χ2v) is 8.91. The molecule has 3 rings (SSSR count). The lowest BCUT2D eigenvalue weighted by Crippen LogP contribution is -2.37. The molecule has 0 aliphatic heterocycles. The third-order valence-electron chi connectivity index (χ3n) is 6.42. The minimum Gasteiger partial charge on any atom is -0.492 e. The molecule has 0 amide bonds. The van der Waals surface area contributed by atoms with Crippen molar-refractivity contribution < 1.29 is 31.1 Å². The van der Waals surface area contributed by atoms with E-state index >= 15 is 0 Å². The van der Waals surface area contributed by atoms with Crippen molar-refractivity contribution >= 4 is 17.0 Å². The topological polar surface area (TPSA) is 39.6 Å². The molecule has 3 aromatic carbocycles. The van der Waals surface area contributed by atoms with Gasteiger partial charge in [-0.3, -0.25) is 4.90 Å². The first kappa shape index (κ1) is 29.4. The summed E-state index contributed by atoms with van der Waals surface area (Å²) in [7, 11) is 0. The van der Waals surface area contributed by atoms with Crippen molar-refractivity contribution in [2.24, 2.45) is 0 Å². The van der Waals surface area contributed by atoms with Crippen LogP contribution in [-0.2, 0) is 18.9 Å². The third kappa shape index (κ3) is 7.70. The zero-order valence-electron chi connectivity index (χ0n) is 21.3. The Labute approximate surface area is 218 Å². The number of nitrogens with zero attached hydrogens (tertiary/aromatic N) is 2. The molecule has 0 atom stereocenters. The quantitative estimate of drug-likeness (QED) is 0.197. The Kier molecular flexibility index (Phi) is 9.78. The fourth-order valence-corrected chi connectivity index (χ4v) is 4.29. The molecule has 4 nitrogen and oxygen atoms in total. The summed E-state index contributed by atoms with van der Waals surface area (Å²) < 4.78 is 86.2. The molecule has 1 N–H and O–H groups in total. The first-order chi connectivity index (χ1) is 18.0. The lowest BCUT2D eigenvalue weighted by atomic mass is 10.0. The van der Waals surface area contributed by atoms with Crippen LogP contribution in [0.3, 0.4) is 0 Å². The molecule has 0 spiro atoms. The van der Waals surface area contributed by atoms with E-state index in [4.69, 9.17) is 10.1 Å². The summed E-state index contributed by atoms with van der Waals surface area (Å²) in [4.78, 5) is 3.94. The Morgan fingerprint density at radius 3 is 1.89 bits per heavy atom. The molecule has 0 aliphatic rings. The van der Waals surface area contributed by atoms with Gasteiger partial charge in [-0.05, 0) is 54.4 Å². The zero-order chi connectivity index (χ0) is 27.9. The van der Waals surface area contributed by atoms with E-state index in [0.717, 1.165) is 41.6 Å². The van der Waals surface area contributed by atoms with Crippen LogP contribution in [0, 0.1) is 5.41 Å². The van der Waals surface area contributed by atoms with E-state index in [1.165, 1.54) is 6.21 Å². The summed E-state index contributed by atoms with van der Waals surface area (Å²) in [6, 6.07) is 12.7. The second kappa shape index (κ2) is 12.6. The second-order valence-electron chi connectivity index (χ2n) is 8.91. The van der Waals surface area contributed by atoms with Gasteiger partial charge in [0.2, 0.25) is 0 Å². The molecule has 0 radical (unpaired) electrons. The maximum absolute atomic E-state index is 13.4. The number of halogens is 6. The normalized spacial score (nSPS) is 12.5. The van der Waals surface area contributed by atoms with Crippen LogP contribution in [0.5, 0.6) is 5.75 Å². The van der Waals surface area contributed by atoms with Crippen LogP contribution in [-0.4, -0.2) is 55.3 Å². The molecule has 0 heterocycles. The summed E-state index contributed by atoms with van der Waals surface area (Å²) in [5, 5.41) is 9.26. The molecule has 38 heavy (non-hydrogen) atoms. The number of ether oxygens (including phenoxy) is 1. The molecule has 0 saturated carbocycles. The maximum Gasteiger partial charge on any atom is 0.416 e. The van der Waals surface area contributed by atoms with Gasteiger partial charge in [0.05, 0.1) is 11.1 Å². The monoisotopic (exact) mass is 539 g/mol. The number of hydrogen-bond acceptors (Lipinski definition) is 4. The van der Waals surface area contributed by atoms with Gasteiger partial charge in [0.15, 0.2) is 0 Å². The predicted molar refractivity (Wildman–Crippen MR) is 137 cm³/mol. The highest BCUT2D eigenvalue weighted by Crippen LogP contribution is 2.36. The van der Waals surface area contributed by atoms with Crippen LogP contribution in [0.1, 0.15) is 36.1 Å². The molecule has 0 aromatic heterocycles. The minimum atomic E-state index is -4.89. The molecule has 0 aliphatic carbocycles. The molecule has 10 heteroatoms. The van der Waals surface area contributed by atoms with E-state index in [1.54, 1.807) is 12.1 Å². The highest BCUT2D eigenvalue weighted by Gasteiger charge is 2.37. The fraction of sp³-hybridized carbons (Fsp3) is 0.393. The van der Waals surface area contributed by atoms with E-state index < -0.39 is 23.5 Å². The summed E-state index contributed by atoms with van der Waals surface area (Å²) in [6.45, 7) is 6.94. The largest absolute Gasteiger partial charge is 0.492 e. The standard InChI is InChI=1S/C28H31F6N3O/c1-3-36(4-2)11-12-37(19-20-15-22(27(29,30)31)17-23(16-20)28(32,33)34)13-14-38-26-10-9-21(18-35)24-7-5-6-8-25(24)26/h5-10,15-18,35H,3-4,11-14,19H2,1-2H3. The number of benzene rings is 3. The summed E-state index contributed by atoms with van der Waals surface area (Å²) in [6.07, 6.45) is -8.53. The van der Waals surface area contributed by atoms with E-state index in [2.05, 4.69) is 4.90 Å². The maximum atomic E-state index is 13.4. The van der Waals surface area contributed by atoms with Gasteiger partial charge in [-0.1, -0.05) is 38.1 Å². The average Bonchev–Trinajstić information content (AvgIpc) is 2.88. The van der Waals surface area contributed by atoms with Gasteiger partial charge in [-0.2, -0.15) is 26.3 Å². The predicted octanol–water partition coefficient (Wildman–Crippen LogP) is 7.10. The number of rotatable bonds is 12.